The molecular formula is C20H24N6O2S2. The molecule has 0 aliphatic heterocycles. The standard InChI is InChI=1S/C20H24N6O2S2/c1-11-8-6-7-9-15(11)22-17(27)10-16-24-25-20(26(16)5)30-14(4)18(28)23-19-21-12(2)13(3)29-19/h6-9,14H,10H2,1-5H3,(H,22,27)(H,21,23,28)/t14-/m0/s1. The summed E-state index contributed by atoms with van der Waals surface area (Å²) in [6, 6.07) is 7.59. The maximum absolute atomic E-state index is 12.5. The van der Waals surface area contributed by atoms with Crippen molar-refractivity contribution in [3.63, 3.8) is 0 Å². The van der Waals surface area contributed by atoms with Crippen LogP contribution in [-0.2, 0) is 23.1 Å². The van der Waals surface area contributed by atoms with Gasteiger partial charge in [-0.05, 0) is 39.3 Å². The highest BCUT2D eigenvalue weighted by atomic mass is 32.2. The number of thiazole rings is 1. The van der Waals surface area contributed by atoms with Gasteiger partial charge in [0.15, 0.2) is 10.3 Å². The molecule has 2 aromatic heterocycles. The van der Waals surface area contributed by atoms with Gasteiger partial charge in [0, 0.05) is 17.6 Å². The zero-order valence-electron chi connectivity index (χ0n) is 17.5. The van der Waals surface area contributed by atoms with Crippen LogP contribution in [0, 0.1) is 20.8 Å². The van der Waals surface area contributed by atoms with Gasteiger partial charge in [0.05, 0.1) is 17.4 Å². The van der Waals surface area contributed by atoms with Crippen LogP contribution in [0.3, 0.4) is 0 Å². The molecule has 2 heterocycles. The molecular weight excluding hydrogens is 420 g/mol. The Morgan fingerprint density at radius 1 is 1.17 bits per heavy atom. The van der Waals surface area contributed by atoms with Crippen molar-refractivity contribution in [3.8, 4) is 0 Å². The van der Waals surface area contributed by atoms with E-state index < -0.39 is 5.25 Å². The van der Waals surface area contributed by atoms with Crippen LogP contribution >= 0.6 is 23.1 Å². The van der Waals surface area contributed by atoms with E-state index in [4.69, 9.17) is 0 Å². The fraction of sp³-hybridized carbons (Fsp3) is 0.350. The number of nitrogens with one attached hydrogen (secondary N) is 2. The van der Waals surface area contributed by atoms with Gasteiger partial charge < -0.3 is 15.2 Å². The van der Waals surface area contributed by atoms with Crippen LogP contribution in [0.4, 0.5) is 10.8 Å². The topological polar surface area (TPSA) is 102 Å². The molecule has 0 saturated heterocycles. The van der Waals surface area contributed by atoms with Crippen LogP contribution in [0.1, 0.15) is 28.9 Å². The molecule has 0 fully saturated rings. The van der Waals surface area contributed by atoms with Crippen LogP contribution in [-0.4, -0.2) is 36.8 Å². The summed E-state index contributed by atoms with van der Waals surface area (Å²) in [5.41, 5.74) is 2.68. The van der Waals surface area contributed by atoms with Crippen LogP contribution < -0.4 is 10.6 Å². The molecule has 158 valence electrons. The smallest absolute Gasteiger partial charge is 0.239 e. The van der Waals surface area contributed by atoms with E-state index in [0.29, 0.717) is 16.1 Å². The van der Waals surface area contributed by atoms with Crippen molar-refractivity contribution in [2.24, 2.45) is 7.05 Å². The van der Waals surface area contributed by atoms with Crippen molar-refractivity contribution >= 4 is 45.7 Å². The summed E-state index contributed by atoms with van der Waals surface area (Å²) < 4.78 is 1.74. The van der Waals surface area contributed by atoms with E-state index >= 15 is 0 Å². The van der Waals surface area contributed by atoms with Gasteiger partial charge in [-0.3, -0.25) is 9.59 Å². The summed E-state index contributed by atoms with van der Waals surface area (Å²) in [7, 11) is 1.79. The molecule has 0 aliphatic carbocycles. The summed E-state index contributed by atoms with van der Waals surface area (Å²) >= 11 is 2.74. The minimum absolute atomic E-state index is 0.0939. The van der Waals surface area contributed by atoms with E-state index in [1.54, 1.807) is 18.5 Å². The van der Waals surface area contributed by atoms with E-state index in [0.717, 1.165) is 21.8 Å². The van der Waals surface area contributed by atoms with Gasteiger partial charge in [-0.25, -0.2) is 4.98 Å². The highest BCUT2D eigenvalue weighted by molar-refractivity contribution is 8.00. The third-order valence-electron chi connectivity index (χ3n) is 4.57. The number of aryl methyl sites for hydroxylation is 3. The lowest BCUT2D eigenvalue weighted by Gasteiger charge is -2.10. The average Bonchev–Trinajstić information content (AvgIpc) is 3.19. The normalized spacial score (nSPS) is 11.9. The van der Waals surface area contributed by atoms with Crippen LogP contribution in [0.2, 0.25) is 0 Å². The van der Waals surface area contributed by atoms with E-state index in [1.807, 2.05) is 45.0 Å². The third kappa shape index (κ3) is 5.25. The number of benzene rings is 1. The molecule has 0 aliphatic rings. The van der Waals surface area contributed by atoms with Gasteiger partial charge >= 0.3 is 0 Å². The van der Waals surface area contributed by atoms with Gasteiger partial charge in [-0.1, -0.05) is 30.0 Å². The first-order valence-corrected chi connectivity index (χ1v) is 11.1. The highest BCUT2D eigenvalue weighted by Gasteiger charge is 2.21. The second kappa shape index (κ2) is 9.40. The number of hydrogen-bond acceptors (Lipinski definition) is 7. The number of rotatable bonds is 7. The predicted molar refractivity (Wildman–Crippen MR) is 120 cm³/mol. The van der Waals surface area contributed by atoms with Crippen LogP contribution in [0.15, 0.2) is 29.4 Å². The molecule has 1 aromatic carbocycles. The van der Waals surface area contributed by atoms with Crippen LogP contribution in [0.25, 0.3) is 0 Å². The lowest BCUT2D eigenvalue weighted by atomic mass is 10.2. The van der Waals surface area contributed by atoms with Gasteiger partial charge in [-0.2, -0.15) is 0 Å². The van der Waals surface area contributed by atoms with Gasteiger partial charge in [0.1, 0.15) is 5.82 Å². The molecule has 3 rings (SSSR count). The number of anilines is 2. The summed E-state index contributed by atoms with van der Waals surface area (Å²) in [5.74, 6) is 0.203. The summed E-state index contributed by atoms with van der Waals surface area (Å²) in [5, 5.41) is 14.8. The van der Waals surface area contributed by atoms with Crippen molar-refractivity contribution in [1.29, 1.82) is 0 Å². The molecule has 0 saturated carbocycles. The number of hydrogen-bond donors (Lipinski definition) is 2. The van der Waals surface area contributed by atoms with E-state index in [9.17, 15) is 9.59 Å². The van der Waals surface area contributed by atoms with E-state index in [-0.39, 0.29) is 18.2 Å². The first-order chi connectivity index (χ1) is 14.2. The number of carbonyl (C=O) groups excluding carboxylic acids is 2. The Labute approximate surface area is 183 Å². The van der Waals surface area contributed by atoms with Gasteiger partial charge in [0.2, 0.25) is 11.8 Å². The minimum atomic E-state index is -0.397. The second-order valence-electron chi connectivity index (χ2n) is 6.91. The number of amides is 2. The van der Waals surface area contributed by atoms with Crippen molar-refractivity contribution in [1.82, 2.24) is 19.7 Å². The molecule has 0 unspecified atom stereocenters. The van der Waals surface area contributed by atoms with E-state index in [1.165, 1.54) is 23.1 Å². The summed E-state index contributed by atoms with van der Waals surface area (Å²) in [6.07, 6.45) is 0.0939. The fourth-order valence-corrected chi connectivity index (χ4v) is 4.25. The molecule has 2 amide bonds. The Bertz CT molecular complexity index is 1060. The Kier molecular flexibility index (Phi) is 6.88. The Morgan fingerprint density at radius 2 is 1.90 bits per heavy atom. The molecule has 30 heavy (non-hydrogen) atoms. The number of aromatic nitrogens is 4. The fourth-order valence-electron chi connectivity index (χ4n) is 2.60. The number of carbonyl (C=O) groups is 2. The van der Waals surface area contributed by atoms with Crippen molar-refractivity contribution in [3.05, 3.63) is 46.2 Å². The molecule has 0 bridgehead atoms. The third-order valence-corrected chi connectivity index (χ3v) is 6.70. The largest absolute Gasteiger partial charge is 0.325 e. The second-order valence-corrected chi connectivity index (χ2v) is 9.42. The lowest BCUT2D eigenvalue weighted by molar-refractivity contribution is -0.116. The minimum Gasteiger partial charge on any atom is -0.325 e. The SMILES string of the molecule is Cc1ccccc1NC(=O)Cc1nnc(S[C@@H](C)C(=O)Nc2nc(C)c(C)s2)n1C. The van der Waals surface area contributed by atoms with Gasteiger partial charge in [0.25, 0.3) is 0 Å². The molecule has 0 spiro atoms. The van der Waals surface area contributed by atoms with Crippen molar-refractivity contribution in [2.75, 3.05) is 10.6 Å². The Morgan fingerprint density at radius 3 is 2.57 bits per heavy atom. The average molecular weight is 445 g/mol. The van der Waals surface area contributed by atoms with Crippen LogP contribution in [0.5, 0.6) is 0 Å². The molecule has 3 aromatic rings. The Hall–Kier alpha value is -2.72. The summed E-state index contributed by atoms with van der Waals surface area (Å²) in [6.45, 7) is 7.62. The zero-order valence-corrected chi connectivity index (χ0v) is 19.1. The number of para-hydroxylation sites is 1. The molecule has 0 radical (unpaired) electrons. The Balaban J connectivity index is 1.59. The van der Waals surface area contributed by atoms with Crippen molar-refractivity contribution < 1.29 is 9.59 Å². The molecule has 10 heteroatoms. The maximum Gasteiger partial charge on any atom is 0.239 e. The predicted octanol–water partition coefficient (Wildman–Crippen LogP) is 3.50. The monoisotopic (exact) mass is 444 g/mol. The number of thioether (sulfide) groups is 1. The first kappa shape index (κ1) is 22.0. The lowest BCUT2D eigenvalue weighted by Crippen LogP contribution is -2.23. The molecule has 2 N–H and O–H groups in total. The van der Waals surface area contributed by atoms with Crippen molar-refractivity contribution in [2.45, 2.75) is 44.5 Å². The molecule has 8 nitrogen and oxygen atoms in total. The quantitative estimate of drug-likeness (QED) is 0.541. The zero-order chi connectivity index (χ0) is 21.8. The highest BCUT2D eigenvalue weighted by Crippen LogP contribution is 2.25. The van der Waals surface area contributed by atoms with E-state index in [2.05, 4.69) is 25.8 Å². The van der Waals surface area contributed by atoms with Gasteiger partial charge in [-0.15, -0.1) is 21.5 Å². The first-order valence-electron chi connectivity index (χ1n) is 9.40. The maximum atomic E-state index is 12.5. The summed E-state index contributed by atoms with van der Waals surface area (Å²) in [4.78, 5) is 30.3. The molecule has 1 atom stereocenters. The number of nitrogens with zero attached hydrogens (tertiary/aromatic N) is 4.